The number of rotatable bonds is 8. The maximum atomic E-state index is 13.6. The van der Waals surface area contributed by atoms with Crippen molar-refractivity contribution in [1.29, 1.82) is 0 Å². The average molecular weight is 563 g/mol. The molecule has 2 aromatic carbocycles. The van der Waals surface area contributed by atoms with Crippen LogP contribution in [0.5, 0.6) is 5.75 Å². The highest BCUT2D eigenvalue weighted by atomic mass is 35.5. The maximum Gasteiger partial charge on any atom is 0.417 e. The van der Waals surface area contributed by atoms with Crippen molar-refractivity contribution in [3.63, 3.8) is 0 Å². The van der Waals surface area contributed by atoms with Gasteiger partial charge in [0.05, 0.1) is 38.9 Å². The normalized spacial score (nSPS) is 11.9. The number of hydrogen-bond donors (Lipinski definition) is 0. The summed E-state index contributed by atoms with van der Waals surface area (Å²) in [5, 5.41) is -0.701. The number of ether oxygens (including phenoxy) is 2. The number of sulfonamides is 1. The highest BCUT2D eigenvalue weighted by molar-refractivity contribution is 7.92. The lowest BCUT2D eigenvalue weighted by Crippen LogP contribution is -2.34. The first-order chi connectivity index (χ1) is 16.8. The van der Waals surface area contributed by atoms with Gasteiger partial charge in [0, 0.05) is 13.3 Å². The number of benzene rings is 2. The Morgan fingerprint density at radius 1 is 1.11 bits per heavy atom. The Kier molecular flexibility index (Phi) is 8.19. The molecule has 36 heavy (non-hydrogen) atoms. The second kappa shape index (κ2) is 10.6. The molecule has 3 aromatic rings. The van der Waals surface area contributed by atoms with Gasteiger partial charge in [0.1, 0.15) is 18.2 Å². The Labute approximate surface area is 215 Å². The summed E-state index contributed by atoms with van der Waals surface area (Å²) in [5.74, 6) is -0.476. The molecule has 7 nitrogen and oxygen atoms in total. The number of methoxy groups -OCH3 is 2. The van der Waals surface area contributed by atoms with E-state index in [1.165, 1.54) is 14.2 Å². The number of carbonyl (C=O) groups excluding carboxylic acids is 1. The van der Waals surface area contributed by atoms with Crippen molar-refractivity contribution in [3.05, 3.63) is 81.1 Å². The van der Waals surface area contributed by atoms with Gasteiger partial charge in [0.25, 0.3) is 10.0 Å². The zero-order valence-electron chi connectivity index (χ0n) is 19.1. The number of aryl methyl sites for hydroxylation is 1. The summed E-state index contributed by atoms with van der Waals surface area (Å²) >= 11 is 11.7. The summed E-state index contributed by atoms with van der Waals surface area (Å²) in [5.41, 5.74) is -1.33. The maximum absolute atomic E-state index is 13.6. The lowest BCUT2D eigenvalue weighted by Gasteiger charge is -2.26. The molecule has 1 aromatic heterocycles. The Balaban J connectivity index is 2.25. The first-order valence-electron chi connectivity index (χ1n) is 10.0. The fourth-order valence-corrected chi connectivity index (χ4v) is 5.19. The van der Waals surface area contributed by atoms with Crippen LogP contribution >= 0.6 is 23.2 Å². The van der Waals surface area contributed by atoms with Gasteiger partial charge in [-0.25, -0.2) is 17.7 Å². The van der Waals surface area contributed by atoms with Gasteiger partial charge in [-0.05, 0) is 42.8 Å². The molecular weight excluding hydrogens is 544 g/mol. The van der Waals surface area contributed by atoms with Gasteiger partial charge in [-0.2, -0.15) is 13.2 Å². The second-order valence-electron chi connectivity index (χ2n) is 7.41. The lowest BCUT2D eigenvalue weighted by atomic mass is 10.00. The molecule has 0 saturated carbocycles. The quantitative estimate of drug-likeness (QED) is 0.256. The van der Waals surface area contributed by atoms with E-state index in [-0.39, 0.29) is 27.7 Å². The van der Waals surface area contributed by atoms with Crippen molar-refractivity contribution in [2.24, 2.45) is 0 Å². The molecule has 0 atom stereocenters. The summed E-state index contributed by atoms with van der Waals surface area (Å²) in [6.07, 6.45) is -3.76. The first-order valence-corrected chi connectivity index (χ1v) is 12.2. The smallest absolute Gasteiger partial charge is 0.417 e. The Morgan fingerprint density at radius 3 is 2.42 bits per heavy atom. The van der Waals surface area contributed by atoms with Crippen LogP contribution in [0.25, 0.3) is 0 Å². The number of carbonyl (C=O) groups is 1. The number of anilines is 1. The minimum absolute atomic E-state index is 0.0262. The lowest BCUT2D eigenvalue weighted by molar-refractivity contribution is -0.137. The third-order valence-corrected chi connectivity index (χ3v) is 7.35. The summed E-state index contributed by atoms with van der Waals surface area (Å²) in [6, 6.07) is 8.17. The zero-order chi connectivity index (χ0) is 26.8. The van der Waals surface area contributed by atoms with Crippen molar-refractivity contribution in [2.75, 3.05) is 25.3 Å². The van der Waals surface area contributed by atoms with E-state index in [4.69, 9.17) is 32.7 Å². The molecule has 0 unspecified atom stereocenters. The predicted octanol–water partition coefficient (Wildman–Crippen LogP) is 5.75. The van der Waals surface area contributed by atoms with E-state index in [0.717, 1.165) is 24.4 Å². The monoisotopic (exact) mass is 562 g/mol. The van der Waals surface area contributed by atoms with E-state index in [1.807, 2.05) is 0 Å². The molecule has 0 amide bonds. The molecule has 192 valence electrons. The molecule has 0 N–H and O–H groups in total. The average Bonchev–Trinajstić information content (AvgIpc) is 2.81. The van der Waals surface area contributed by atoms with E-state index in [1.54, 1.807) is 25.1 Å². The third kappa shape index (κ3) is 5.44. The molecular formula is C23H19Cl2F3N2O5S. The van der Waals surface area contributed by atoms with Crippen LogP contribution in [0.3, 0.4) is 0 Å². The van der Waals surface area contributed by atoms with E-state index < -0.39 is 44.2 Å². The molecule has 0 aliphatic heterocycles. The van der Waals surface area contributed by atoms with Crippen molar-refractivity contribution in [3.8, 4) is 5.75 Å². The number of halogens is 5. The SMILES string of the molecule is COCN(c1cc(Cl)cnc1C(=O)c1c(C)cccc1OC)S(=O)(=O)c1ccc(Cl)c(C(F)(F)F)c1. The molecule has 0 radical (unpaired) electrons. The van der Waals surface area contributed by atoms with Crippen molar-refractivity contribution in [1.82, 2.24) is 4.98 Å². The number of nitrogens with zero attached hydrogens (tertiary/aromatic N) is 2. The van der Waals surface area contributed by atoms with Gasteiger partial charge >= 0.3 is 6.18 Å². The molecule has 0 aliphatic carbocycles. The number of hydrogen-bond acceptors (Lipinski definition) is 6. The van der Waals surface area contributed by atoms with Gasteiger partial charge in [-0.3, -0.25) is 4.79 Å². The minimum Gasteiger partial charge on any atom is -0.496 e. The number of pyridine rings is 1. The summed E-state index contributed by atoms with van der Waals surface area (Å²) in [4.78, 5) is 16.9. The van der Waals surface area contributed by atoms with Gasteiger partial charge in [-0.15, -0.1) is 0 Å². The second-order valence-corrected chi connectivity index (χ2v) is 10.1. The van der Waals surface area contributed by atoms with E-state index in [0.29, 0.717) is 15.9 Å². The molecule has 13 heteroatoms. The largest absolute Gasteiger partial charge is 0.496 e. The van der Waals surface area contributed by atoms with Crippen LogP contribution in [0.4, 0.5) is 18.9 Å². The highest BCUT2D eigenvalue weighted by Crippen LogP contribution is 2.38. The minimum atomic E-state index is -4.91. The summed E-state index contributed by atoms with van der Waals surface area (Å²) in [6.45, 7) is 0.987. The van der Waals surface area contributed by atoms with Crippen LogP contribution in [0, 0.1) is 6.92 Å². The van der Waals surface area contributed by atoms with Crippen molar-refractivity contribution in [2.45, 2.75) is 18.0 Å². The predicted molar refractivity (Wildman–Crippen MR) is 128 cm³/mol. The van der Waals surface area contributed by atoms with Crippen LogP contribution in [-0.2, 0) is 20.9 Å². The van der Waals surface area contributed by atoms with Crippen LogP contribution in [0.15, 0.2) is 53.6 Å². The molecule has 0 aliphatic rings. The van der Waals surface area contributed by atoms with Gasteiger partial charge in [0.15, 0.2) is 0 Å². The first kappa shape index (κ1) is 27.7. The van der Waals surface area contributed by atoms with Crippen molar-refractivity contribution >= 4 is 44.7 Å². The van der Waals surface area contributed by atoms with E-state index >= 15 is 0 Å². The van der Waals surface area contributed by atoms with E-state index in [9.17, 15) is 26.4 Å². The molecule has 0 fully saturated rings. The van der Waals surface area contributed by atoms with Crippen LogP contribution in [-0.4, -0.2) is 40.1 Å². The Hall–Kier alpha value is -2.86. The summed E-state index contributed by atoms with van der Waals surface area (Å²) < 4.78 is 78.2. The molecule has 1 heterocycles. The van der Waals surface area contributed by atoms with Gasteiger partial charge in [-0.1, -0.05) is 35.3 Å². The molecule has 0 saturated heterocycles. The zero-order valence-corrected chi connectivity index (χ0v) is 21.4. The number of ketones is 1. The van der Waals surface area contributed by atoms with Gasteiger partial charge < -0.3 is 9.47 Å². The standard InChI is InChI=1S/C23H19Cl2F3N2O5S/c1-13-5-4-6-19(35-3)20(13)22(31)21-18(9-14(24)11-29-21)30(12-34-2)36(32,33)15-7-8-17(25)16(10-15)23(26,27)28/h4-11H,12H2,1-3H3. The third-order valence-electron chi connectivity index (χ3n) is 5.08. The fourth-order valence-electron chi connectivity index (χ4n) is 3.41. The number of alkyl halides is 3. The van der Waals surface area contributed by atoms with Crippen LogP contribution in [0.2, 0.25) is 10.0 Å². The van der Waals surface area contributed by atoms with Crippen LogP contribution < -0.4 is 9.04 Å². The van der Waals surface area contributed by atoms with Crippen molar-refractivity contribution < 1.29 is 35.9 Å². The highest BCUT2D eigenvalue weighted by Gasteiger charge is 2.37. The molecule has 0 spiro atoms. The number of aromatic nitrogens is 1. The molecule has 0 bridgehead atoms. The fraction of sp³-hybridized carbons (Fsp3) is 0.217. The van der Waals surface area contributed by atoms with Gasteiger partial charge in [0.2, 0.25) is 5.78 Å². The van der Waals surface area contributed by atoms with Crippen LogP contribution in [0.1, 0.15) is 27.2 Å². The Bertz CT molecular complexity index is 1420. The Morgan fingerprint density at radius 2 is 1.81 bits per heavy atom. The molecule has 3 rings (SSSR count). The summed E-state index contributed by atoms with van der Waals surface area (Å²) in [7, 11) is -2.19. The van der Waals surface area contributed by atoms with E-state index in [2.05, 4.69) is 4.98 Å². The topological polar surface area (TPSA) is 85.8 Å².